The lowest BCUT2D eigenvalue weighted by Gasteiger charge is -2.14. The Morgan fingerprint density at radius 1 is 1.67 bits per heavy atom. The fraction of sp³-hybridized carbons (Fsp3) is 0.250. The van der Waals surface area contributed by atoms with Crippen LogP contribution in [0, 0.1) is 10.1 Å². The second-order valence-corrected chi connectivity index (χ2v) is 2.99. The van der Waals surface area contributed by atoms with Gasteiger partial charge in [-0.15, -0.1) is 0 Å². The number of hydrogen-bond donors (Lipinski definition) is 1. The molecule has 2 rings (SSSR count). The van der Waals surface area contributed by atoms with Crippen LogP contribution in [-0.4, -0.2) is 29.8 Å². The molecule has 0 aromatic carbocycles. The normalized spacial score (nSPS) is 23.4. The molecule has 1 aliphatic heterocycles. The fourth-order valence-electron chi connectivity index (χ4n) is 1.42. The molecule has 0 radical (unpaired) electrons. The van der Waals surface area contributed by atoms with E-state index >= 15 is 0 Å². The number of carbonyl (C=O) groups is 1. The molecule has 0 aromatic rings. The highest BCUT2D eigenvalue weighted by molar-refractivity contribution is 6.19. The van der Waals surface area contributed by atoms with E-state index in [0.717, 1.165) is 0 Å². The number of ether oxygens (including phenoxy) is 1. The van der Waals surface area contributed by atoms with Crippen LogP contribution in [0.3, 0.4) is 0 Å². The maximum absolute atomic E-state index is 10.9. The number of aliphatic imine (C=N–C) groups is 1. The summed E-state index contributed by atoms with van der Waals surface area (Å²) in [5.41, 5.74) is 0.734. The Labute approximate surface area is 84.3 Å². The lowest BCUT2D eigenvalue weighted by atomic mass is 10.1. The zero-order chi connectivity index (χ0) is 11.0. The smallest absolute Gasteiger partial charge is 0.346 e. The Morgan fingerprint density at radius 2 is 2.40 bits per heavy atom. The van der Waals surface area contributed by atoms with Crippen LogP contribution in [0.2, 0.25) is 0 Å². The van der Waals surface area contributed by atoms with Crippen LogP contribution in [0.25, 0.3) is 0 Å². The van der Waals surface area contributed by atoms with Crippen LogP contribution < -0.4 is 5.32 Å². The molecule has 0 saturated heterocycles. The highest BCUT2D eigenvalue weighted by Gasteiger charge is 2.33. The van der Waals surface area contributed by atoms with Gasteiger partial charge in [-0.25, -0.2) is 4.79 Å². The van der Waals surface area contributed by atoms with Crippen molar-refractivity contribution in [1.82, 2.24) is 5.32 Å². The molecule has 1 aliphatic carbocycles. The van der Waals surface area contributed by atoms with Crippen molar-refractivity contribution >= 4 is 11.7 Å². The van der Waals surface area contributed by atoms with Crippen LogP contribution in [0.15, 0.2) is 28.6 Å². The van der Waals surface area contributed by atoms with Crippen molar-refractivity contribution in [3.63, 3.8) is 0 Å². The van der Waals surface area contributed by atoms with Gasteiger partial charge >= 0.3 is 6.03 Å². The third-order valence-electron chi connectivity index (χ3n) is 2.10. The SMILES string of the molecule is COC1=CC2=NC(=O)NC2=CC1[N+](=O)[O-]. The molecule has 1 unspecified atom stereocenters. The fourth-order valence-corrected chi connectivity index (χ4v) is 1.42. The summed E-state index contributed by atoms with van der Waals surface area (Å²) in [6.07, 6.45) is 2.70. The van der Waals surface area contributed by atoms with Gasteiger partial charge in [-0.1, -0.05) is 0 Å². The van der Waals surface area contributed by atoms with E-state index in [1.165, 1.54) is 19.3 Å². The second kappa shape index (κ2) is 3.19. The number of carbonyl (C=O) groups excluding carboxylic acids is 1. The first-order valence-electron chi connectivity index (χ1n) is 4.13. The summed E-state index contributed by atoms with van der Waals surface area (Å²) < 4.78 is 4.86. The van der Waals surface area contributed by atoms with Crippen LogP contribution >= 0.6 is 0 Å². The lowest BCUT2D eigenvalue weighted by molar-refractivity contribution is -0.503. The number of nitro groups is 1. The predicted molar refractivity (Wildman–Crippen MR) is 49.9 cm³/mol. The number of nitrogens with zero attached hydrogens (tertiary/aromatic N) is 2. The summed E-state index contributed by atoms with van der Waals surface area (Å²) in [7, 11) is 1.34. The molecule has 7 nitrogen and oxygen atoms in total. The molecular formula is C8H7N3O4. The van der Waals surface area contributed by atoms with Crippen molar-refractivity contribution in [1.29, 1.82) is 0 Å². The summed E-state index contributed by atoms with van der Waals surface area (Å²) in [5.74, 6) is 0.166. The minimum atomic E-state index is -1.07. The predicted octanol–water partition coefficient (Wildman–Crippen LogP) is 0.224. The van der Waals surface area contributed by atoms with Crippen molar-refractivity contribution in [2.75, 3.05) is 7.11 Å². The van der Waals surface area contributed by atoms with Crippen LogP contribution in [0.4, 0.5) is 4.79 Å². The van der Waals surface area contributed by atoms with E-state index in [-0.39, 0.29) is 5.76 Å². The summed E-state index contributed by atoms with van der Waals surface area (Å²) in [6, 6.07) is -1.59. The number of methoxy groups -OCH3 is 1. The molecule has 1 heterocycles. The molecule has 0 bridgehead atoms. The Kier molecular flexibility index (Phi) is 2.00. The van der Waals surface area contributed by atoms with Crippen LogP contribution in [0.5, 0.6) is 0 Å². The van der Waals surface area contributed by atoms with Gasteiger partial charge in [0.1, 0.15) is 0 Å². The Bertz CT molecular complexity index is 435. The minimum Gasteiger partial charge on any atom is -0.493 e. The summed E-state index contributed by atoms with van der Waals surface area (Å²) in [6.45, 7) is 0. The summed E-state index contributed by atoms with van der Waals surface area (Å²) >= 11 is 0. The molecule has 78 valence electrons. The molecule has 0 aromatic heterocycles. The van der Waals surface area contributed by atoms with Crippen LogP contribution in [-0.2, 0) is 4.74 Å². The van der Waals surface area contributed by atoms with Gasteiger partial charge in [-0.05, 0) is 0 Å². The van der Waals surface area contributed by atoms with Crippen molar-refractivity contribution in [2.24, 2.45) is 4.99 Å². The molecule has 0 saturated carbocycles. The monoisotopic (exact) mass is 209 g/mol. The molecule has 15 heavy (non-hydrogen) atoms. The van der Waals surface area contributed by atoms with Crippen molar-refractivity contribution in [3.05, 3.63) is 33.7 Å². The van der Waals surface area contributed by atoms with E-state index in [0.29, 0.717) is 11.4 Å². The zero-order valence-corrected chi connectivity index (χ0v) is 7.76. The van der Waals surface area contributed by atoms with Crippen molar-refractivity contribution in [3.8, 4) is 0 Å². The molecule has 2 aliphatic rings. The number of amides is 2. The number of nitrogens with one attached hydrogen (secondary N) is 1. The second-order valence-electron chi connectivity index (χ2n) is 2.99. The third kappa shape index (κ3) is 1.47. The number of fused-ring (bicyclic) bond motifs is 1. The van der Waals surface area contributed by atoms with E-state index in [1.807, 2.05) is 0 Å². The van der Waals surface area contributed by atoms with Gasteiger partial charge in [0.15, 0.2) is 5.76 Å². The van der Waals surface area contributed by atoms with E-state index in [1.54, 1.807) is 0 Å². The molecule has 0 spiro atoms. The van der Waals surface area contributed by atoms with Gasteiger partial charge in [0, 0.05) is 17.1 Å². The molecular weight excluding hydrogens is 202 g/mol. The van der Waals surface area contributed by atoms with E-state index in [9.17, 15) is 14.9 Å². The van der Waals surface area contributed by atoms with Crippen molar-refractivity contribution in [2.45, 2.75) is 6.04 Å². The summed E-state index contributed by atoms with van der Waals surface area (Å²) in [4.78, 5) is 24.7. The van der Waals surface area contributed by atoms with Gasteiger partial charge in [0.05, 0.1) is 18.5 Å². The molecule has 2 amide bonds. The average molecular weight is 209 g/mol. The zero-order valence-electron chi connectivity index (χ0n) is 7.76. The highest BCUT2D eigenvalue weighted by Crippen LogP contribution is 2.20. The first-order valence-corrected chi connectivity index (χ1v) is 4.13. The number of hydrogen-bond acceptors (Lipinski definition) is 4. The maximum Gasteiger partial charge on any atom is 0.346 e. The average Bonchev–Trinajstić information content (AvgIpc) is 2.54. The standard InChI is InChI=1S/C8H7N3O4/c1-15-7-3-5-4(9-8(12)10-5)2-6(7)11(13)14/h2-3,6H,1H3,(H,9,12). The first-order chi connectivity index (χ1) is 7.11. The van der Waals surface area contributed by atoms with Gasteiger partial charge in [-0.3, -0.25) is 10.1 Å². The number of urea groups is 1. The van der Waals surface area contributed by atoms with Gasteiger partial charge in [0.25, 0.3) is 6.04 Å². The van der Waals surface area contributed by atoms with E-state index < -0.39 is 17.0 Å². The summed E-state index contributed by atoms with van der Waals surface area (Å²) in [5, 5.41) is 13.1. The molecule has 0 fully saturated rings. The van der Waals surface area contributed by atoms with Gasteiger partial charge in [0.2, 0.25) is 0 Å². The van der Waals surface area contributed by atoms with E-state index in [2.05, 4.69) is 10.3 Å². The largest absolute Gasteiger partial charge is 0.493 e. The molecule has 1 N–H and O–H groups in total. The topological polar surface area (TPSA) is 93.8 Å². The highest BCUT2D eigenvalue weighted by atomic mass is 16.6. The number of rotatable bonds is 2. The minimum absolute atomic E-state index is 0.166. The number of allylic oxidation sites excluding steroid dienone is 1. The van der Waals surface area contributed by atoms with E-state index in [4.69, 9.17) is 4.74 Å². The Hall–Kier alpha value is -2.18. The molecule has 1 atom stereocenters. The van der Waals surface area contributed by atoms with Gasteiger partial charge in [-0.2, -0.15) is 4.99 Å². The quantitative estimate of drug-likeness (QED) is 0.520. The van der Waals surface area contributed by atoms with Gasteiger partial charge < -0.3 is 10.1 Å². The Balaban J connectivity index is 2.41. The van der Waals surface area contributed by atoms with Crippen LogP contribution in [0.1, 0.15) is 0 Å². The first kappa shape index (κ1) is 9.38. The Morgan fingerprint density at radius 3 is 3.00 bits per heavy atom. The van der Waals surface area contributed by atoms with Crippen molar-refractivity contribution < 1.29 is 14.5 Å². The molecule has 7 heteroatoms. The third-order valence-corrected chi connectivity index (χ3v) is 2.10. The lowest BCUT2D eigenvalue weighted by Crippen LogP contribution is -2.28. The maximum atomic E-state index is 10.9.